The highest BCUT2D eigenvalue weighted by Gasteiger charge is 2.53. The van der Waals surface area contributed by atoms with E-state index in [1.807, 2.05) is 27.7 Å². The van der Waals surface area contributed by atoms with Crippen molar-refractivity contribution in [1.82, 2.24) is 9.36 Å². The highest BCUT2D eigenvalue weighted by Crippen LogP contribution is 2.36. The van der Waals surface area contributed by atoms with E-state index in [0.29, 0.717) is 5.72 Å². The molecule has 6 heteroatoms. The van der Waals surface area contributed by atoms with E-state index in [2.05, 4.69) is 9.36 Å². The van der Waals surface area contributed by atoms with E-state index in [1.54, 1.807) is 5.51 Å². The van der Waals surface area contributed by atoms with Crippen LogP contribution in [0.1, 0.15) is 27.7 Å². The maximum Gasteiger partial charge on any atom is 0.535 e. The first-order valence-electron chi connectivity index (χ1n) is 4.54. The molecule has 0 N–H and O–H groups in total. The third-order valence-corrected chi connectivity index (χ3v) is 3.33. The van der Waals surface area contributed by atoms with E-state index >= 15 is 0 Å². The molecule has 0 aromatic carbocycles. The van der Waals surface area contributed by atoms with Crippen molar-refractivity contribution in [3.63, 3.8) is 0 Å². The zero-order chi connectivity index (χ0) is 10.4. The average molecular weight is 212 g/mol. The molecule has 1 aromatic rings. The first kappa shape index (κ1) is 10.1. The Labute approximate surface area is 88.0 Å². The molecule has 1 aliphatic rings. The van der Waals surface area contributed by atoms with Crippen molar-refractivity contribution >= 4 is 24.4 Å². The summed E-state index contributed by atoms with van der Waals surface area (Å²) in [5.74, 6) is 0. The van der Waals surface area contributed by atoms with Gasteiger partial charge in [0.25, 0.3) is 0 Å². The number of hydrogen-bond acceptors (Lipinski definition) is 5. The van der Waals surface area contributed by atoms with E-state index in [4.69, 9.17) is 9.31 Å². The largest absolute Gasteiger partial charge is 0.535 e. The lowest BCUT2D eigenvalue weighted by atomic mass is 9.90. The van der Waals surface area contributed by atoms with Crippen LogP contribution in [0.2, 0.25) is 0 Å². The predicted molar refractivity (Wildman–Crippen MR) is 55.6 cm³/mol. The molecule has 1 aromatic heterocycles. The van der Waals surface area contributed by atoms with Crippen LogP contribution in [0.4, 0.5) is 0 Å². The van der Waals surface area contributed by atoms with E-state index in [1.165, 1.54) is 11.5 Å². The monoisotopic (exact) mass is 212 g/mol. The number of aromatic nitrogens is 2. The Morgan fingerprint density at radius 1 is 1.21 bits per heavy atom. The van der Waals surface area contributed by atoms with Crippen LogP contribution in [0.15, 0.2) is 5.51 Å². The van der Waals surface area contributed by atoms with Crippen LogP contribution in [0.25, 0.3) is 0 Å². The second-order valence-corrected chi connectivity index (χ2v) is 4.98. The minimum atomic E-state index is -0.425. The van der Waals surface area contributed by atoms with E-state index in [9.17, 15) is 0 Å². The molecule has 1 aliphatic heterocycles. The molecule has 4 nitrogen and oxygen atoms in total. The molecular formula is C8H13BN2O2S. The molecule has 1 fully saturated rings. The summed E-state index contributed by atoms with van der Waals surface area (Å²) in [6.07, 6.45) is 0. The van der Waals surface area contributed by atoms with Gasteiger partial charge in [-0.15, -0.1) is 0 Å². The maximum atomic E-state index is 5.77. The standard InChI is InChI=1S/C8H13BN2O2S/c1-7(2)8(3,4)13-9(12-7)6-10-5-14-11-6/h5H,1-4H3. The summed E-state index contributed by atoms with van der Waals surface area (Å²) in [7, 11) is -0.425. The van der Waals surface area contributed by atoms with Crippen molar-refractivity contribution in [1.29, 1.82) is 0 Å². The summed E-state index contributed by atoms with van der Waals surface area (Å²) >= 11 is 1.31. The van der Waals surface area contributed by atoms with Gasteiger partial charge >= 0.3 is 7.12 Å². The van der Waals surface area contributed by atoms with Crippen LogP contribution < -0.4 is 5.72 Å². The van der Waals surface area contributed by atoms with Gasteiger partial charge in [-0.05, 0) is 39.2 Å². The van der Waals surface area contributed by atoms with E-state index in [0.717, 1.165) is 0 Å². The highest BCUT2D eigenvalue weighted by atomic mass is 32.1. The molecule has 0 bridgehead atoms. The molecule has 2 heterocycles. The predicted octanol–water partition coefficient (Wildman–Crippen LogP) is 0.837. The van der Waals surface area contributed by atoms with Crippen molar-refractivity contribution in [2.24, 2.45) is 0 Å². The van der Waals surface area contributed by atoms with Gasteiger partial charge < -0.3 is 9.31 Å². The van der Waals surface area contributed by atoms with E-state index in [-0.39, 0.29) is 11.2 Å². The van der Waals surface area contributed by atoms with Gasteiger partial charge in [0.15, 0.2) is 5.72 Å². The van der Waals surface area contributed by atoms with Gasteiger partial charge in [0.2, 0.25) is 0 Å². The fraction of sp³-hybridized carbons (Fsp3) is 0.750. The maximum absolute atomic E-state index is 5.77. The Bertz CT molecular complexity index is 310. The van der Waals surface area contributed by atoms with Gasteiger partial charge in [0, 0.05) is 0 Å². The minimum Gasteiger partial charge on any atom is -0.397 e. The molecule has 14 heavy (non-hydrogen) atoms. The molecular weight excluding hydrogens is 199 g/mol. The molecule has 0 saturated carbocycles. The highest BCUT2D eigenvalue weighted by molar-refractivity contribution is 7.04. The molecule has 0 aliphatic carbocycles. The molecule has 1 saturated heterocycles. The zero-order valence-electron chi connectivity index (χ0n) is 8.77. The van der Waals surface area contributed by atoms with Gasteiger partial charge in [-0.1, -0.05) is 0 Å². The molecule has 76 valence electrons. The van der Waals surface area contributed by atoms with Crippen LogP contribution in [-0.2, 0) is 9.31 Å². The Hall–Kier alpha value is -0.455. The number of rotatable bonds is 1. The zero-order valence-corrected chi connectivity index (χ0v) is 9.59. The topological polar surface area (TPSA) is 44.2 Å². The van der Waals surface area contributed by atoms with Crippen molar-refractivity contribution in [3.8, 4) is 0 Å². The lowest BCUT2D eigenvalue weighted by Crippen LogP contribution is -2.41. The van der Waals surface area contributed by atoms with Crippen LogP contribution in [0.5, 0.6) is 0 Å². The molecule has 0 unspecified atom stereocenters. The van der Waals surface area contributed by atoms with Crippen molar-refractivity contribution in [3.05, 3.63) is 5.51 Å². The Morgan fingerprint density at radius 3 is 2.21 bits per heavy atom. The fourth-order valence-electron chi connectivity index (χ4n) is 1.23. The molecule has 0 amide bonds. The van der Waals surface area contributed by atoms with Crippen LogP contribution in [0.3, 0.4) is 0 Å². The second-order valence-electron chi connectivity index (χ2n) is 4.38. The second kappa shape index (κ2) is 3.02. The number of hydrogen-bond donors (Lipinski definition) is 0. The van der Waals surface area contributed by atoms with Crippen molar-refractivity contribution in [2.45, 2.75) is 38.9 Å². The van der Waals surface area contributed by atoms with Gasteiger partial charge in [-0.25, -0.2) is 4.98 Å². The lowest BCUT2D eigenvalue weighted by molar-refractivity contribution is 0.00578. The third-order valence-electron chi connectivity index (χ3n) is 2.84. The average Bonchev–Trinajstić information content (AvgIpc) is 2.58. The van der Waals surface area contributed by atoms with E-state index < -0.39 is 7.12 Å². The van der Waals surface area contributed by atoms with Crippen LogP contribution in [-0.4, -0.2) is 27.7 Å². The quantitative estimate of drug-likeness (QED) is 0.647. The number of nitrogens with zero attached hydrogens (tertiary/aromatic N) is 2. The summed E-state index contributed by atoms with van der Waals surface area (Å²) in [5, 5.41) is 0. The summed E-state index contributed by atoms with van der Waals surface area (Å²) in [4.78, 5) is 4.09. The summed E-state index contributed by atoms with van der Waals surface area (Å²) in [5.41, 5.74) is 1.67. The molecule has 0 atom stereocenters. The Morgan fingerprint density at radius 2 is 1.79 bits per heavy atom. The Balaban J connectivity index is 2.22. The first-order valence-corrected chi connectivity index (χ1v) is 5.38. The molecule has 0 spiro atoms. The third kappa shape index (κ3) is 1.47. The molecule has 0 radical (unpaired) electrons. The lowest BCUT2D eigenvalue weighted by Gasteiger charge is -2.32. The van der Waals surface area contributed by atoms with Crippen LogP contribution in [0, 0.1) is 0 Å². The molecule has 2 rings (SSSR count). The van der Waals surface area contributed by atoms with Gasteiger partial charge in [-0.2, -0.15) is 4.37 Å². The van der Waals surface area contributed by atoms with Crippen molar-refractivity contribution in [2.75, 3.05) is 0 Å². The summed E-state index contributed by atoms with van der Waals surface area (Å²) in [6.45, 7) is 8.05. The van der Waals surface area contributed by atoms with Crippen molar-refractivity contribution < 1.29 is 9.31 Å². The van der Waals surface area contributed by atoms with Gasteiger partial charge in [-0.3, -0.25) is 0 Å². The van der Waals surface area contributed by atoms with Crippen LogP contribution >= 0.6 is 11.5 Å². The SMILES string of the molecule is CC1(C)OB(c2ncsn2)OC1(C)C. The Kier molecular flexibility index (Phi) is 2.17. The van der Waals surface area contributed by atoms with Gasteiger partial charge in [0.05, 0.1) is 16.7 Å². The summed E-state index contributed by atoms with van der Waals surface area (Å²) in [6, 6.07) is 0. The normalized spacial score (nSPS) is 24.1. The van der Waals surface area contributed by atoms with Gasteiger partial charge in [0.1, 0.15) is 0 Å². The summed E-state index contributed by atoms with van der Waals surface area (Å²) < 4.78 is 15.6. The fourth-order valence-corrected chi connectivity index (χ4v) is 1.67. The first-order chi connectivity index (χ1) is 6.42. The minimum absolute atomic E-state index is 0.317. The smallest absolute Gasteiger partial charge is 0.397 e.